The van der Waals surface area contributed by atoms with Gasteiger partial charge < -0.3 is 9.64 Å². The van der Waals surface area contributed by atoms with Gasteiger partial charge in [0, 0.05) is 32.7 Å². The van der Waals surface area contributed by atoms with Crippen molar-refractivity contribution >= 4 is 10.8 Å². The van der Waals surface area contributed by atoms with Crippen LogP contribution in [0.25, 0.3) is 10.8 Å². The predicted molar refractivity (Wildman–Crippen MR) is 133 cm³/mol. The van der Waals surface area contributed by atoms with Gasteiger partial charge in [0.2, 0.25) is 0 Å². The highest BCUT2D eigenvalue weighted by molar-refractivity contribution is 5.82. The van der Waals surface area contributed by atoms with E-state index in [1.807, 2.05) is 12.0 Å². The monoisotopic (exact) mass is 447 g/mol. The lowest BCUT2D eigenvalue weighted by molar-refractivity contribution is -0.264. The van der Waals surface area contributed by atoms with Gasteiger partial charge in [0.15, 0.2) is 6.29 Å². The van der Waals surface area contributed by atoms with Crippen molar-refractivity contribution in [2.45, 2.75) is 33.6 Å². The van der Waals surface area contributed by atoms with E-state index < -0.39 is 0 Å². The predicted octanol–water partition coefficient (Wildman–Crippen LogP) is 4.87. The molecule has 5 rings (SSSR count). The van der Waals surface area contributed by atoms with Gasteiger partial charge in [-0.15, -0.1) is 0 Å². The van der Waals surface area contributed by atoms with Crippen LogP contribution in [0.5, 0.6) is 0 Å². The van der Waals surface area contributed by atoms with Gasteiger partial charge in [-0.25, -0.2) is 9.90 Å². The minimum atomic E-state index is -0.248. The van der Waals surface area contributed by atoms with Crippen LogP contribution in [0, 0.1) is 17.8 Å². The number of hydrogen-bond acceptors (Lipinski definition) is 5. The van der Waals surface area contributed by atoms with Crippen molar-refractivity contribution in [2.75, 3.05) is 39.3 Å². The fourth-order valence-corrected chi connectivity index (χ4v) is 5.39. The second kappa shape index (κ2) is 9.88. The summed E-state index contributed by atoms with van der Waals surface area (Å²) < 4.78 is 5.85. The number of benzene rings is 2. The first-order chi connectivity index (χ1) is 16.0. The van der Waals surface area contributed by atoms with Crippen molar-refractivity contribution in [3.8, 4) is 0 Å². The van der Waals surface area contributed by atoms with Crippen molar-refractivity contribution in [1.82, 2.24) is 14.9 Å². The number of ether oxygens (including phenoxy) is 1. The molecular formula is C28H37N3O2. The van der Waals surface area contributed by atoms with E-state index in [2.05, 4.69) is 84.3 Å². The van der Waals surface area contributed by atoms with Gasteiger partial charge in [0.1, 0.15) is 5.82 Å². The summed E-state index contributed by atoms with van der Waals surface area (Å²) in [5, 5.41) is 4.67. The Labute approximate surface area is 198 Å². The molecule has 0 amide bonds. The van der Waals surface area contributed by atoms with Crippen molar-refractivity contribution in [2.24, 2.45) is 17.8 Å². The lowest BCUT2D eigenvalue weighted by Gasteiger charge is -2.35. The molecule has 0 aliphatic carbocycles. The molecule has 2 aromatic rings. The maximum absolute atomic E-state index is 6.16. The maximum Gasteiger partial charge on any atom is 0.181 e. The van der Waals surface area contributed by atoms with E-state index in [0.29, 0.717) is 24.4 Å². The van der Waals surface area contributed by atoms with Gasteiger partial charge in [-0.05, 0) is 53.2 Å². The minimum absolute atomic E-state index is 0.248. The molecular weight excluding hydrogens is 410 g/mol. The number of allylic oxidation sites excluding steroid dienone is 2. The fourth-order valence-electron chi connectivity index (χ4n) is 5.39. The zero-order chi connectivity index (χ0) is 22.8. The van der Waals surface area contributed by atoms with Crippen LogP contribution < -0.4 is 0 Å². The zero-order valence-corrected chi connectivity index (χ0v) is 20.2. The Morgan fingerprint density at radius 3 is 2.45 bits per heavy atom. The summed E-state index contributed by atoms with van der Waals surface area (Å²) in [4.78, 5) is 11.3. The molecule has 2 fully saturated rings. The third-order valence-electron chi connectivity index (χ3n) is 6.95. The summed E-state index contributed by atoms with van der Waals surface area (Å²) in [7, 11) is 0. The quantitative estimate of drug-likeness (QED) is 0.539. The lowest BCUT2D eigenvalue weighted by atomic mass is 10.0. The molecule has 3 aliphatic heterocycles. The third-order valence-corrected chi connectivity index (χ3v) is 6.95. The minimum Gasteiger partial charge on any atom is -0.356 e. The van der Waals surface area contributed by atoms with Gasteiger partial charge in [-0.1, -0.05) is 62.4 Å². The summed E-state index contributed by atoms with van der Waals surface area (Å²) in [6, 6.07) is 15.5. The topological polar surface area (TPSA) is 28.2 Å². The molecule has 0 radical (unpaired) electrons. The van der Waals surface area contributed by atoms with Crippen LogP contribution >= 0.6 is 0 Å². The number of hydrogen-bond donors (Lipinski definition) is 0. The maximum atomic E-state index is 6.16. The molecule has 33 heavy (non-hydrogen) atoms. The Morgan fingerprint density at radius 1 is 0.939 bits per heavy atom. The first-order valence-corrected chi connectivity index (χ1v) is 12.4. The first-order valence-electron chi connectivity index (χ1n) is 12.4. The van der Waals surface area contributed by atoms with E-state index in [1.54, 1.807) is 0 Å². The number of nitrogens with zero attached hydrogens (tertiary/aromatic N) is 3. The molecule has 3 aliphatic rings. The highest BCUT2D eigenvalue weighted by Crippen LogP contribution is 2.35. The van der Waals surface area contributed by atoms with E-state index in [9.17, 15) is 0 Å². The highest BCUT2D eigenvalue weighted by atomic mass is 16.8. The summed E-state index contributed by atoms with van der Waals surface area (Å²) in [5.74, 6) is 3.11. The van der Waals surface area contributed by atoms with Gasteiger partial charge in [-0.3, -0.25) is 4.90 Å². The summed E-state index contributed by atoms with van der Waals surface area (Å²) >= 11 is 0. The molecule has 2 saturated heterocycles. The molecule has 5 heteroatoms. The zero-order valence-electron chi connectivity index (χ0n) is 20.2. The van der Waals surface area contributed by atoms with Gasteiger partial charge in [0.25, 0.3) is 0 Å². The Hall–Kier alpha value is -2.34. The van der Waals surface area contributed by atoms with Gasteiger partial charge >= 0.3 is 0 Å². The molecule has 0 aromatic heterocycles. The summed E-state index contributed by atoms with van der Waals surface area (Å²) in [6.45, 7) is 13.4. The molecule has 3 unspecified atom stereocenters. The third kappa shape index (κ3) is 5.26. The molecule has 3 atom stereocenters. The van der Waals surface area contributed by atoms with Crippen LogP contribution in [-0.2, 0) is 16.1 Å². The molecule has 0 N–H and O–H groups in total. The Balaban J connectivity index is 1.16. The van der Waals surface area contributed by atoms with Crippen molar-refractivity contribution in [3.63, 3.8) is 0 Å². The van der Waals surface area contributed by atoms with Crippen molar-refractivity contribution < 1.29 is 9.57 Å². The van der Waals surface area contributed by atoms with Crippen LogP contribution in [0.4, 0.5) is 0 Å². The Morgan fingerprint density at radius 2 is 1.70 bits per heavy atom. The summed E-state index contributed by atoms with van der Waals surface area (Å²) in [6.07, 6.45) is 6.23. The first kappa shape index (κ1) is 22.5. The molecule has 0 spiro atoms. The van der Waals surface area contributed by atoms with E-state index in [-0.39, 0.29) is 6.29 Å². The number of rotatable bonds is 8. The SMILES string of the molecule is CC(C)COC(C)ON1CC=CC=C1N1CC2CN(Cc3ccc4ccccc4c3)CC2C1. The molecule has 176 valence electrons. The fraction of sp³-hybridized carbons (Fsp3) is 0.500. The largest absolute Gasteiger partial charge is 0.356 e. The summed E-state index contributed by atoms with van der Waals surface area (Å²) in [5.41, 5.74) is 1.42. The average Bonchev–Trinajstić information content (AvgIpc) is 3.36. The van der Waals surface area contributed by atoms with Crippen LogP contribution in [0.15, 0.2) is 66.5 Å². The van der Waals surface area contributed by atoms with E-state index in [1.165, 1.54) is 35.2 Å². The van der Waals surface area contributed by atoms with Crippen molar-refractivity contribution in [1.29, 1.82) is 0 Å². The highest BCUT2D eigenvalue weighted by Gasteiger charge is 2.41. The number of likely N-dealkylation sites (tertiary alicyclic amines) is 2. The standard InChI is InChI=1S/C28H37N3O2/c1-21(2)20-32-22(3)33-31-13-7-6-10-28(31)30-18-26-16-29(17-27(26)19-30)15-23-11-12-24-8-4-5-9-25(24)14-23/h4-12,14,21-22,26-27H,13,15-20H2,1-3H3. The number of fused-ring (bicyclic) bond motifs is 2. The van der Waals surface area contributed by atoms with E-state index >= 15 is 0 Å². The Kier molecular flexibility index (Phi) is 6.72. The average molecular weight is 448 g/mol. The van der Waals surface area contributed by atoms with Gasteiger partial charge in [-0.2, -0.15) is 0 Å². The van der Waals surface area contributed by atoms with E-state index in [4.69, 9.17) is 9.57 Å². The molecule has 5 nitrogen and oxygen atoms in total. The second-order valence-electron chi connectivity index (χ2n) is 10.2. The number of hydroxylamine groups is 2. The Bertz CT molecular complexity index is 1000. The van der Waals surface area contributed by atoms with Crippen LogP contribution in [0.3, 0.4) is 0 Å². The smallest absolute Gasteiger partial charge is 0.181 e. The van der Waals surface area contributed by atoms with Gasteiger partial charge in [0.05, 0.1) is 13.2 Å². The van der Waals surface area contributed by atoms with Crippen LogP contribution in [-0.4, -0.2) is 60.5 Å². The van der Waals surface area contributed by atoms with E-state index in [0.717, 1.165) is 26.2 Å². The lowest BCUT2D eigenvalue weighted by Crippen LogP contribution is -2.39. The van der Waals surface area contributed by atoms with Crippen LogP contribution in [0.1, 0.15) is 26.3 Å². The molecule has 0 bridgehead atoms. The second-order valence-corrected chi connectivity index (χ2v) is 10.2. The van der Waals surface area contributed by atoms with Crippen LogP contribution in [0.2, 0.25) is 0 Å². The molecule has 0 saturated carbocycles. The normalized spacial score (nSPS) is 24.1. The molecule has 2 aromatic carbocycles. The molecule has 3 heterocycles. The van der Waals surface area contributed by atoms with Crippen molar-refractivity contribution in [3.05, 3.63) is 72.1 Å².